The van der Waals surface area contributed by atoms with Gasteiger partial charge in [0.25, 0.3) is 5.91 Å². The van der Waals surface area contributed by atoms with Gasteiger partial charge in [-0.3, -0.25) is 4.79 Å². The summed E-state index contributed by atoms with van der Waals surface area (Å²) in [5.41, 5.74) is 0.305. The maximum absolute atomic E-state index is 12.0. The Bertz CT molecular complexity index is 411. The van der Waals surface area contributed by atoms with Crippen LogP contribution < -0.4 is 10.6 Å². The molecule has 108 valence electrons. The van der Waals surface area contributed by atoms with Gasteiger partial charge in [0.2, 0.25) is 0 Å². The second-order valence-corrected chi connectivity index (χ2v) is 4.58. The van der Waals surface area contributed by atoms with Crippen LogP contribution in [0.5, 0.6) is 0 Å². The average molecular weight is 290 g/mol. The summed E-state index contributed by atoms with van der Waals surface area (Å²) < 4.78 is 9.90. The van der Waals surface area contributed by atoms with Crippen LogP contribution in [0.15, 0.2) is 10.6 Å². The number of aromatic nitrogens is 1. The SMILES string of the molecule is COCc1cc(C(=O)NC2CCCNC2C)no1.Cl. The first kappa shape index (κ1) is 15.9. The molecule has 1 aromatic heterocycles. The number of amides is 1. The Labute approximate surface area is 118 Å². The molecule has 2 unspecified atom stereocenters. The molecule has 0 saturated carbocycles. The van der Waals surface area contributed by atoms with Crippen molar-refractivity contribution in [1.82, 2.24) is 15.8 Å². The minimum Gasteiger partial charge on any atom is -0.377 e. The molecule has 2 rings (SSSR count). The average Bonchev–Trinajstić information content (AvgIpc) is 2.81. The highest BCUT2D eigenvalue weighted by Crippen LogP contribution is 2.10. The highest BCUT2D eigenvalue weighted by Gasteiger charge is 2.24. The molecule has 2 N–H and O–H groups in total. The Morgan fingerprint density at radius 2 is 2.47 bits per heavy atom. The van der Waals surface area contributed by atoms with E-state index in [2.05, 4.69) is 22.7 Å². The molecule has 0 aliphatic carbocycles. The molecule has 1 saturated heterocycles. The number of methoxy groups -OCH3 is 1. The third-order valence-electron chi connectivity index (χ3n) is 3.16. The number of ether oxygens (including phenoxy) is 1. The number of rotatable bonds is 4. The minimum atomic E-state index is -0.193. The Hall–Kier alpha value is -1.11. The van der Waals surface area contributed by atoms with Gasteiger partial charge in [0.05, 0.1) is 0 Å². The van der Waals surface area contributed by atoms with Crippen molar-refractivity contribution in [3.8, 4) is 0 Å². The molecular weight excluding hydrogens is 270 g/mol. The van der Waals surface area contributed by atoms with Crippen LogP contribution in [0.25, 0.3) is 0 Å². The molecule has 1 amide bonds. The van der Waals surface area contributed by atoms with E-state index in [0.29, 0.717) is 18.1 Å². The zero-order valence-electron chi connectivity index (χ0n) is 11.1. The van der Waals surface area contributed by atoms with E-state index in [0.717, 1.165) is 19.4 Å². The predicted molar refractivity (Wildman–Crippen MR) is 72.4 cm³/mol. The molecule has 7 heteroatoms. The lowest BCUT2D eigenvalue weighted by Crippen LogP contribution is -2.51. The van der Waals surface area contributed by atoms with Gasteiger partial charge in [0, 0.05) is 25.3 Å². The summed E-state index contributed by atoms with van der Waals surface area (Å²) in [6, 6.07) is 2.04. The Morgan fingerprint density at radius 1 is 1.68 bits per heavy atom. The first-order chi connectivity index (χ1) is 8.70. The smallest absolute Gasteiger partial charge is 0.273 e. The van der Waals surface area contributed by atoms with Gasteiger partial charge in [-0.25, -0.2) is 0 Å². The Balaban J connectivity index is 0.00000180. The second kappa shape index (κ2) is 7.47. The molecule has 1 aromatic rings. The number of hydrogen-bond acceptors (Lipinski definition) is 5. The van der Waals surface area contributed by atoms with E-state index in [1.165, 1.54) is 0 Å². The van der Waals surface area contributed by atoms with Crippen LogP contribution in [0.2, 0.25) is 0 Å². The van der Waals surface area contributed by atoms with E-state index in [1.807, 2.05) is 0 Å². The molecule has 1 fully saturated rings. The molecule has 0 spiro atoms. The second-order valence-electron chi connectivity index (χ2n) is 4.58. The number of nitrogens with one attached hydrogen (secondary N) is 2. The van der Waals surface area contributed by atoms with E-state index in [1.54, 1.807) is 13.2 Å². The fourth-order valence-corrected chi connectivity index (χ4v) is 2.11. The van der Waals surface area contributed by atoms with Gasteiger partial charge in [-0.2, -0.15) is 0 Å². The molecule has 0 aromatic carbocycles. The van der Waals surface area contributed by atoms with Crippen molar-refractivity contribution in [2.75, 3.05) is 13.7 Å². The van der Waals surface area contributed by atoms with E-state index >= 15 is 0 Å². The van der Waals surface area contributed by atoms with E-state index in [9.17, 15) is 4.79 Å². The lowest BCUT2D eigenvalue weighted by atomic mass is 10.00. The fourth-order valence-electron chi connectivity index (χ4n) is 2.11. The van der Waals surface area contributed by atoms with Crippen molar-refractivity contribution >= 4 is 18.3 Å². The summed E-state index contributed by atoms with van der Waals surface area (Å²) in [5.74, 6) is 0.360. The summed E-state index contributed by atoms with van der Waals surface area (Å²) in [4.78, 5) is 12.0. The molecule has 2 atom stereocenters. The number of carbonyl (C=O) groups excluding carboxylic acids is 1. The van der Waals surface area contributed by atoms with Gasteiger partial charge < -0.3 is 19.9 Å². The van der Waals surface area contributed by atoms with Crippen LogP contribution in [-0.2, 0) is 11.3 Å². The molecule has 0 radical (unpaired) electrons. The van der Waals surface area contributed by atoms with Crippen molar-refractivity contribution < 1.29 is 14.1 Å². The molecular formula is C12H20ClN3O3. The number of piperidine rings is 1. The summed E-state index contributed by atoms with van der Waals surface area (Å²) in [7, 11) is 1.57. The van der Waals surface area contributed by atoms with Crippen molar-refractivity contribution in [2.24, 2.45) is 0 Å². The zero-order chi connectivity index (χ0) is 13.0. The highest BCUT2D eigenvalue weighted by molar-refractivity contribution is 5.92. The van der Waals surface area contributed by atoms with E-state index < -0.39 is 0 Å². The summed E-state index contributed by atoms with van der Waals surface area (Å²) >= 11 is 0. The highest BCUT2D eigenvalue weighted by atomic mass is 35.5. The van der Waals surface area contributed by atoms with Crippen LogP contribution in [0.1, 0.15) is 36.0 Å². The zero-order valence-corrected chi connectivity index (χ0v) is 12.0. The molecule has 1 aliphatic heterocycles. The maximum atomic E-state index is 12.0. The molecule has 2 heterocycles. The van der Waals surface area contributed by atoms with Crippen molar-refractivity contribution in [1.29, 1.82) is 0 Å². The number of nitrogens with zero attached hydrogens (tertiary/aromatic N) is 1. The quantitative estimate of drug-likeness (QED) is 0.868. The molecule has 1 aliphatic rings. The van der Waals surface area contributed by atoms with Gasteiger partial charge >= 0.3 is 0 Å². The van der Waals surface area contributed by atoms with Gasteiger partial charge in [0.1, 0.15) is 6.61 Å². The summed E-state index contributed by atoms with van der Waals surface area (Å²) in [6.07, 6.45) is 2.06. The lowest BCUT2D eigenvalue weighted by molar-refractivity contribution is 0.0910. The monoisotopic (exact) mass is 289 g/mol. The van der Waals surface area contributed by atoms with Crippen LogP contribution in [0.4, 0.5) is 0 Å². The standard InChI is InChI=1S/C12H19N3O3.ClH/c1-8-10(4-3-5-13-8)14-12(16)11-6-9(7-17-2)18-15-11;/h6,8,10,13H,3-5,7H2,1-2H3,(H,14,16);1H. The third-order valence-corrected chi connectivity index (χ3v) is 3.16. The van der Waals surface area contributed by atoms with Crippen molar-refractivity contribution in [2.45, 2.75) is 38.5 Å². The summed E-state index contributed by atoms with van der Waals surface area (Å²) in [6.45, 7) is 3.40. The first-order valence-electron chi connectivity index (χ1n) is 6.19. The van der Waals surface area contributed by atoms with Crippen molar-refractivity contribution in [3.05, 3.63) is 17.5 Å². The fraction of sp³-hybridized carbons (Fsp3) is 0.667. The lowest BCUT2D eigenvalue weighted by Gasteiger charge is -2.30. The molecule has 19 heavy (non-hydrogen) atoms. The predicted octanol–water partition coefficient (Wildman–Crippen LogP) is 1.11. The Morgan fingerprint density at radius 3 is 3.16 bits per heavy atom. The number of hydrogen-bond donors (Lipinski definition) is 2. The number of carbonyl (C=O) groups is 1. The Kier molecular flexibility index (Phi) is 6.27. The van der Waals surface area contributed by atoms with Gasteiger partial charge in [-0.15, -0.1) is 12.4 Å². The van der Waals surface area contributed by atoms with Gasteiger partial charge in [-0.1, -0.05) is 5.16 Å². The first-order valence-corrected chi connectivity index (χ1v) is 6.19. The number of halogens is 1. The minimum absolute atomic E-state index is 0. The van der Waals surface area contributed by atoms with Crippen LogP contribution in [0, 0.1) is 0 Å². The van der Waals surface area contributed by atoms with E-state index in [4.69, 9.17) is 9.26 Å². The van der Waals surface area contributed by atoms with Crippen LogP contribution in [-0.4, -0.2) is 36.8 Å². The largest absolute Gasteiger partial charge is 0.377 e. The third kappa shape index (κ3) is 4.19. The van der Waals surface area contributed by atoms with Crippen LogP contribution in [0.3, 0.4) is 0 Å². The van der Waals surface area contributed by atoms with Gasteiger partial charge in [0.15, 0.2) is 11.5 Å². The maximum Gasteiger partial charge on any atom is 0.273 e. The normalized spacial score (nSPS) is 22.6. The van der Waals surface area contributed by atoms with Crippen molar-refractivity contribution in [3.63, 3.8) is 0 Å². The topological polar surface area (TPSA) is 76.4 Å². The van der Waals surface area contributed by atoms with Crippen LogP contribution >= 0.6 is 12.4 Å². The molecule has 0 bridgehead atoms. The van der Waals surface area contributed by atoms with E-state index in [-0.39, 0.29) is 30.4 Å². The summed E-state index contributed by atoms with van der Waals surface area (Å²) in [5, 5.41) is 10.0. The van der Waals surface area contributed by atoms with Gasteiger partial charge in [-0.05, 0) is 26.3 Å². The molecule has 6 nitrogen and oxygen atoms in total.